The highest BCUT2D eigenvalue weighted by Gasteiger charge is 2.14. The molecule has 7 heteroatoms. The minimum atomic E-state index is -0.621. The number of carbonyl (C=O) groups excluding carboxylic acids is 1. The molecule has 22 heavy (non-hydrogen) atoms. The monoisotopic (exact) mass is 300 g/mol. The summed E-state index contributed by atoms with van der Waals surface area (Å²) in [4.78, 5) is 25.9. The normalized spacial score (nSPS) is 10.3. The molecule has 0 spiro atoms. The summed E-state index contributed by atoms with van der Waals surface area (Å²) in [5, 5.41) is 13.3. The molecule has 0 saturated heterocycles. The van der Waals surface area contributed by atoms with E-state index in [1.807, 2.05) is 32.0 Å². The fourth-order valence-electron chi connectivity index (χ4n) is 2.04. The molecule has 1 aromatic carbocycles. The van der Waals surface area contributed by atoms with Gasteiger partial charge in [0.25, 0.3) is 0 Å². The van der Waals surface area contributed by atoms with Gasteiger partial charge in [0.15, 0.2) is 0 Å². The van der Waals surface area contributed by atoms with Crippen LogP contribution in [-0.2, 0) is 11.2 Å². The number of nitrogen functional groups attached to an aromatic ring is 1. The number of amides is 1. The van der Waals surface area contributed by atoms with Crippen molar-refractivity contribution in [3.63, 3.8) is 0 Å². The van der Waals surface area contributed by atoms with Crippen LogP contribution in [0.1, 0.15) is 16.7 Å². The molecule has 0 saturated carbocycles. The van der Waals surface area contributed by atoms with Crippen LogP contribution in [0, 0.1) is 24.0 Å². The van der Waals surface area contributed by atoms with Gasteiger partial charge in [0.05, 0.1) is 11.3 Å². The zero-order valence-electron chi connectivity index (χ0n) is 12.3. The fourth-order valence-corrected chi connectivity index (χ4v) is 2.04. The quantitative estimate of drug-likeness (QED) is 0.665. The summed E-state index contributed by atoms with van der Waals surface area (Å²) in [6.45, 7) is 3.89. The Hall–Kier alpha value is -2.96. The molecule has 0 aliphatic carbocycles. The Labute approximate surface area is 127 Å². The third kappa shape index (κ3) is 3.57. The number of nitro groups is 1. The van der Waals surface area contributed by atoms with Gasteiger partial charge in [-0.25, -0.2) is 4.98 Å². The summed E-state index contributed by atoms with van der Waals surface area (Å²) in [7, 11) is 0. The van der Waals surface area contributed by atoms with Crippen LogP contribution in [-0.4, -0.2) is 15.8 Å². The molecule has 1 aromatic heterocycles. The van der Waals surface area contributed by atoms with Crippen molar-refractivity contribution < 1.29 is 9.72 Å². The minimum Gasteiger partial charge on any atom is -0.378 e. The van der Waals surface area contributed by atoms with Crippen molar-refractivity contribution in [2.75, 3.05) is 11.1 Å². The zero-order chi connectivity index (χ0) is 16.3. The number of aromatic nitrogens is 1. The van der Waals surface area contributed by atoms with E-state index >= 15 is 0 Å². The van der Waals surface area contributed by atoms with Crippen molar-refractivity contribution in [3.05, 3.63) is 57.1 Å². The summed E-state index contributed by atoms with van der Waals surface area (Å²) in [6.07, 6.45) is 0.200. The number of aryl methyl sites for hydroxylation is 2. The zero-order valence-corrected chi connectivity index (χ0v) is 12.3. The lowest BCUT2D eigenvalue weighted by Crippen LogP contribution is -2.16. The van der Waals surface area contributed by atoms with Gasteiger partial charge < -0.3 is 11.1 Å². The second-order valence-electron chi connectivity index (χ2n) is 5.01. The van der Waals surface area contributed by atoms with E-state index < -0.39 is 4.92 Å². The molecule has 0 atom stereocenters. The highest BCUT2D eigenvalue weighted by atomic mass is 16.6. The predicted octanol–water partition coefficient (Wildman–Crippen LogP) is 2.37. The highest BCUT2D eigenvalue weighted by Crippen LogP contribution is 2.21. The third-order valence-corrected chi connectivity index (χ3v) is 3.22. The van der Waals surface area contributed by atoms with Crippen molar-refractivity contribution >= 4 is 23.2 Å². The number of hydrogen-bond acceptors (Lipinski definition) is 5. The summed E-state index contributed by atoms with van der Waals surface area (Å²) in [5.74, 6) is -0.289. The maximum absolute atomic E-state index is 12.0. The number of benzene rings is 1. The van der Waals surface area contributed by atoms with Crippen molar-refractivity contribution in [1.29, 1.82) is 0 Å². The lowest BCUT2D eigenvalue weighted by Gasteiger charge is -2.08. The number of nitrogens with zero attached hydrogens (tertiary/aromatic N) is 2. The molecule has 0 bridgehead atoms. The fraction of sp³-hybridized carbons (Fsp3) is 0.200. The molecule has 114 valence electrons. The van der Waals surface area contributed by atoms with Crippen molar-refractivity contribution in [2.24, 2.45) is 0 Å². The number of nitrogens with two attached hydrogens (primary N) is 1. The SMILES string of the molecule is Cc1ccc(C)c(CC(=O)Nc2ccc([N+](=O)[O-])c(N)n2)c1. The number of hydrogen-bond donors (Lipinski definition) is 2. The molecule has 0 radical (unpaired) electrons. The van der Waals surface area contributed by atoms with Crippen molar-refractivity contribution in [2.45, 2.75) is 20.3 Å². The van der Waals surface area contributed by atoms with E-state index in [0.717, 1.165) is 16.7 Å². The number of pyridine rings is 1. The van der Waals surface area contributed by atoms with E-state index in [-0.39, 0.29) is 29.7 Å². The minimum absolute atomic E-state index is 0.193. The van der Waals surface area contributed by atoms with Crippen LogP contribution in [0.4, 0.5) is 17.3 Å². The van der Waals surface area contributed by atoms with Crippen LogP contribution in [0.15, 0.2) is 30.3 Å². The largest absolute Gasteiger partial charge is 0.378 e. The lowest BCUT2D eigenvalue weighted by molar-refractivity contribution is -0.384. The van der Waals surface area contributed by atoms with Gasteiger partial charge in [-0.15, -0.1) is 0 Å². The second-order valence-corrected chi connectivity index (χ2v) is 5.01. The maximum Gasteiger partial charge on any atom is 0.311 e. The first-order valence-electron chi connectivity index (χ1n) is 6.63. The van der Waals surface area contributed by atoms with Crippen LogP contribution in [0.3, 0.4) is 0 Å². The summed E-state index contributed by atoms with van der Waals surface area (Å²) >= 11 is 0. The Bertz CT molecular complexity index is 744. The van der Waals surface area contributed by atoms with E-state index in [2.05, 4.69) is 10.3 Å². The van der Waals surface area contributed by atoms with Crippen LogP contribution in [0.5, 0.6) is 0 Å². The van der Waals surface area contributed by atoms with Gasteiger partial charge in [-0.2, -0.15) is 0 Å². The number of anilines is 2. The molecule has 7 nitrogen and oxygen atoms in total. The standard InChI is InChI=1S/C15H16N4O3/c1-9-3-4-10(2)11(7-9)8-14(20)17-13-6-5-12(19(21)22)15(16)18-13/h3-7H,8H2,1-2H3,(H3,16,17,18,20). The van der Waals surface area contributed by atoms with Gasteiger partial charge in [-0.05, 0) is 31.0 Å². The van der Waals surface area contributed by atoms with Crippen molar-refractivity contribution in [3.8, 4) is 0 Å². The highest BCUT2D eigenvalue weighted by molar-refractivity contribution is 5.92. The smallest absolute Gasteiger partial charge is 0.311 e. The second kappa shape index (κ2) is 6.21. The lowest BCUT2D eigenvalue weighted by atomic mass is 10.0. The van der Waals surface area contributed by atoms with Gasteiger partial charge in [0, 0.05) is 6.07 Å². The van der Waals surface area contributed by atoms with E-state index in [4.69, 9.17) is 5.73 Å². The molecule has 2 aromatic rings. The van der Waals surface area contributed by atoms with Crippen LogP contribution in [0.25, 0.3) is 0 Å². The maximum atomic E-state index is 12.0. The molecule has 1 heterocycles. The van der Waals surface area contributed by atoms with Crippen molar-refractivity contribution in [1.82, 2.24) is 4.98 Å². The molecule has 0 aliphatic rings. The molecule has 0 fully saturated rings. The summed E-state index contributed by atoms with van der Waals surface area (Å²) < 4.78 is 0. The molecule has 0 aliphatic heterocycles. The van der Waals surface area contributed by atoms with E-state index in [9.17, 15) is 14.9 Å². The molecule has 0 unspecified atom stereocenters. The Morgan fingerprint density at radius 3 is 2.68 bits per heavy atom. The summed E-state index contributed by atoms with van der Waals surface area (Å²) in [5.41, 5.74) is 8.23. The topological polar surface area (TPSA) is 111 Å². The van der Waals surface area contributed by atoms with Crippen LogP contribution in [0.2, 0.25) is 0 Å². The number of nitrogens with one attached hydrogen (secondary N) is 1. The Morgan fingerprint density at radius 1 is 1.32 bits per heavy atom. The number of rotatable bonds is 4. The Kier molecular flexibility index (Phi) is 4.36. The van der Waals surface area contributed by atoms with Gasteiger partial charge in [0.2, 0.25) is 11.7 Å². The van der Waals surface area contributed by atoms with Crippen LogP contribution >= 0.6 is 0 Å². The molecular weight excluding hydrogens is 284 g/mol. The molecular formula is C15H16N4O3. The van der Waals surface area contributed by atoms with E-state index in [1.54, 1.807) is 0 Å². The molecule has 3 N–H and O–H groups in total. The predicted molar refractivity (Wildman–Crippen MR) is 83.6 cm³/mol. The first-order chi connectivity index (χ1) is 10.4. The van der Waals surface area contributed by atoms with E-state index in [0.29, 0.717) is 0 Å². The van der Waals surface area contributed by atoms with E-state index in [1.165, 1.54) is 12.1 Å². The van der Waals surface area contributed by atoms with Crippen LogP contribution < -0.4 is 11.1 Å². The molecule has 2 rings (SSSR count). The first-order valence-corrected chi connectivity index (χ1v) is 6.63. The summed E-state index contributed by atoms with van der Waals surface area (Å²) in [6, 6.07) is 8.47. The average molecular weight is 300 g/mol. The van der Waals surface area contributed by atoms with Gasteiger partial charge in [0.1, 0.15) is 5.82 Å². The molecule has 1 amide bonds. The Morgan fingerprint density at radius 2 is 2.05 bits per heavy atom. The van der Waals surface area contributed by atoms with Gasteiger partial charge in [-0.1, -0.05) is 23.8 Å². The average Bonchev–Trinajstić information content (AvgIpc) is 2.42. The third-order valence-electron chi connectivity index (χ3n) is 3.22. The van der Waals surface area contributed by atoms with Gasteiger partial charge in [-0.3, -0.25) is 14.9 Å². The first kappa shape index (κ1) is 15.4. The Balaban J connectivity index is 2.11. The number of carbonyl (C=O) groups is 1. The van der Waals surface area contributed by atoms with Gasteiger partial charge >= 0.3 is 5.69 Å².